The van der Waals surface area contributed by atoms with Gasteiger partial charge in [-0.05, 0) is 46.6 Å². The topological polar surface area (TPSA) is 64.3 Å². The van der Waals surface area contributed by atoms with Crippen molar-refractivity contribution < 1.29 is 9.53 Å². The lowest BCUT2D eigenvalue weighted by Crippen LogP contribution is -2.14. The van der Waals surface area contributed by atoms with Crippen LogP contribution in [0.3, 0.4) is 0 Å². The van der Waals surface area contributed by atoms with Crippen molar-refractivity contribution in [3.05, 3.63) is 52.0 Å². The summed E-state index contributed by atoms with van der Waals surface area (Å²) >= 11 is 3.46. The fourth-order valence-corrected chi connectivity index (χ4v) is 2.17. The minimum absolute atomic E-state index is 0.253. The predicted octanol–water partition coefficient (Wildman–Crippen LogP) is 3.60. The molecule has 3 N–H and O–H groups in total. The highest BCUT2D eigenvalue weighted by Gasteiger charge is 2.12. The van der Waals surface area contributed by atoms with E-state index in [2.05, 4.69) is 21.2 Å². The number of carbonyl (C=O) groups excluding carboxylic acids is 1. The second-order valence-corrected chi connectivity index (χ2v) is 5.14. The van der Waals surface area contributed by atoms with Gasteiger partial charge in [0.15, 0.2) is 0 Å². The van der Waals surface area contributed by atoms with Crippen LogP contribution in [0.15, 0.2) is 40.9 Å². The van der Waals surface area contributed by atoms with Gasteiger partial charge in [0.2, 0.25) is 0 Å². The molecule has 2 aromatic carbocycles. The van der Waals surface area contributed by atoms with Gasteiger partial charge in [-0.15, -0.1) is 0 Å². The van der Waals surface area contributed by atoms with E-state index in [4.69, 9.17) is 10.5 Å². The number of nitrogens with two attached hydrogens (primary N) is 1. The lowest BCUT2D eigenvalue weighted by molar-refractivity contribution is 0.102. The second kappa shape index (κ2) is 5.96. The number of amides is 1. The van der Waals surface area contributed by atoms with Crippen molar-refractivity contribution in [3.8, 4) is 5.75 Å². The van der Waals surface area contributed by atoms with Crippen LogP contribution in [0.5, 0.6) is 5.75 Å². The van der Waals surface area contributed by atoms with E-state index in [-0.39, 0.29) is 5.91 Å². The van der Waals surface area contributed by atoms with E-state index in [0.717, 1.165) is 10.0 Å². The number of benzene rings is 2. The summed E-state index contributed by atoms with van der Waals surface area (Å²) in [5, 5.41) is 2.84. The Hall–Kier alpha value is -2.01. The van der Waals surface area contributed by atoms with Gasteiger partial charge in [0.05, 0.1) is 18.4 Å². The molecule has 0 spiro atoms. The van der Waals surface area contributed by atoms with Gasteiger partial charge in [-0.1, -0.05) is 12.1 Å². The fourth-order valence-electron chi connectivity index (χ4n) is 1.81. The predicted molar refractivity (Wildman–Crippen MR) is 84.2 cm³/mol. The van der Waals surface area contributed by atoms with Crippen molar-refractivity contribution >= 4 is 33.2 Å². The van der Waals surface area contributed by atoms with Crippen molar-refractivity contribution in [1.29, 1.82) is 0 Å². The van der Waals surface area contributed by atoms with E-state index >= 15 is 0 Å². The maximum atomic E-state index is 12.2. The molecule has 0 bridgehead atoms. The van der Waals surface area contributed by atoms with Crippen LogP contribution < -0.4 is 15.8 Å². The Kier molecular flexibility index (Phi) is 4.29. The number of hydrogen-bond acceptors (Lipinski definition) is 3. The molecule has 0 heterocycles. The first-order valence-electron chi connectivity index (χ1n) is 6.03. The number of rotatable bonds is 3. The van der Waals surface area contributed by atoms with Crippen molar-refractivity contribution in [2.24, 2.45) is 0 Å². The van der Waals surface area contributed by atoms with Crippen LogP contribution in [0.25, 0.3) is 0 Å². The largest absolute Gasteiger partial charge is 0.497 e. The average molecular weight is 335 g/mol. The first kappa shape index (κ1) is 14.4. The third kappa shape index (κ3) is 2.93. The van der Waals surface area contributed by atoms with Gasteiger partial charge >= 0.3 is 0 Å². The highest BCUT2D eigenvalue weighted by molar-refractivity contribution is 9.10. The second-order valence-electron chi connectivity index (χ2n) is 4.34. The molecule has 0 aliphatic heterocycles. The lowest BCUT2D eigenvalue weighted by Gasteiger charge is -2.11. The molecule has 0 aliphatic carbocycles. The van der Waals surface area contributed by atoms with E-state index in [9.17, 15) is 4.79 Å². The zero-order chi connectivity index (χ0) is 14.7. The van der Waals surface area contributed by atoms with E-state index in [1.54, 1.807) is 25.3 Å². The first-order chi connectivity index (χ1) is 9.52. The highest BCUT2D eigenvalue weighted by atomic mass is 79.9. The molecule has 0 aromatic heterocycles. The SMILES string of the molecule is COc1ccc(C(=O)Nc2cccc(C)c2Br)c(N)c1. The van der Waals surface area contributed by atoms with Crippen LogP contribution in [-0.2, 0) is 0 Å². The normalized spacial score (nSPS) is 10.2. The molecule has 0 radical (unpaired) electrons. The summed E-state index contributed by atoms with van der Waals surface area (Å²) in [5.74, 6) is 0.368. The number of nitrogen functional groups attached to an aromatic ring is 1. The Labute approximate surface area is 126 Å². The Morgan fingerprint density at radius 3 is 2.70 bits per heavy atom. The van der Waals surface area contributed by atoms with E-state index < -0.39 is 0 Å². The number of halogens is 1. The third-order valence-electron chi connectivity index (χ3n) is 2.94. The number of methoxy groups -OCH3 is 1. The Morgan fingerprint density at radius 1 is 1.30 bits per heavy atom. The van der Waals surface area contributed by atoms with Crippen molar-refractivity contribution in [3.63, 3.8) is 0 Å². The standard InChI is InChI=1S/C15H15BrN2O2/c1-9-4-3-5-13(14(9)16)18-15(19)11-7-6-10(20-2)8-12(11)17/h3-8H,17H2,1-2H3,(H,18,19). The van der Waals surface area contributed by atoms with Crippen molar-refractivity contribution in [1.82, 2.24) is 0 Å². The molecule has 2 aromatic rings. The molecule has 20 heavy (non-hydrogen) atoms. The fraction of sp³-hybridized carbons (Fsp3) is 0.133. The van der Waals surface area contributed by atoms with E-state index in [1.807, 2.05) is 25.1 Å². The molecule has 0 unspecified atom stereocenters. The van der Waals surface area contributed by atoms with E-state index in [0.29, 0.717) is 22.7 Å². The molecule has 1 amide bonds. The average Bonchev–Trinajstić information content (AvgIpc) is 2.43. The molecule has 5 heteroatoms. The molecule has 104 valence electrons. The van der Waals surface area contributed by atoms with Crippen LogP contribution in [0, 0.1) is 6.92 Å². The molecule has 0 fully saturated rings. The summed E-state index contributed by atoms with van der Waals surface area (Å²) < 4.78 is 5.93. The monoisotopic (exact) mass is 334 g/mol. The molecule has 4 nitrogen and oxygen atoms in total. The maximum absolute atomic E-state index is 12.2. The molecule has 2 rings (SSSR count). The van der Waals surface area contributed by atoms with Gasteiger partial charge in [0.1, 0.15) is 5.75 Å². The van der Waals surface area contributed by atoms with Crippen LogP contribution in [0.4, 0.5) is 11.4 Å². The molecule has 0 aliphatic rings. The quantitative estimate of drug-likeness (QED) is 0.843. The molecule has 0 saturated heterocycles. The summed E-state index contributed by atoms with van der Waals surface area (Å²) in [6.07, 6.45) is 0. The lowest BCUT2D eigenvalue weighted by atomic mass is 10.1. The Balaban J connectivity index is 2.26. The number of ether oxygens (including phenoxy) is 1. The zero-order valence-electron chi connectivity index (χ0n) is 11.2. The Bertz CT molecular complexity index is 656. The third-order valence-corrected chi connectivity index (χ3v) is 4.00. The van der Waals surface area contributed by atoms with Crippen LogP contribution >= 0.6 is 15.9 Å². The van der Waals surface area contributed by atoms with Gasteiger partial charge < -0.3 is 15.8 Å². The summed E-state index contributed by atoms with van der Waals surface area (Å²) in [6.45, 7) is 1.96. The van der Waals surface area contributed by atoms with Crippen molar-refractivity contribution in [2.45, 2.75) is 6.92 Å². The Morgan fingerprint density at radius 2 is 2.05 bits per heavy atom. The summed E-state index contributed by atoms with van der Waals surface area (Å²) in [5.41, 5.74) is 8.42. The molecular formula is C15H15BrN2O2. The number of hydrogen-bond donors (Lipinski definition) is 2. The van der Waals surface area contributed by atoms with Gasteiger partial charge in [0.25, 0.3) is 5.91 Å². The summed E-state index contributed by atoms with van der Waals surface area (Å²) in [7, 11) is 1.55. The van der Waals surface area contributed by atoms with Gasteiger partial charge in [-0.3, -0.25) is 4.79 Å². The van der Waals surface area contributed by atoms with Gasteiger partial charge in [0, 0.05) is 16.2 Å². The minimum atomic E-state index is -0.253. The minimum Gasteiger partial charge on any atom is -0.497 e. The summed E-state index contributed by atoms with van der Waals surface area (Å²) in [4.78, 5) is 12.2. The zero-order valence-corrected chi connectivity index (χ0v) is 12.8. The molecule has 0 atom stereocenters. The number of anilines is 2. The maximum Gasteiger partial charge on any atom is 0.257 e. The molecule has 0 saturated carbocycles. The van der Waals surface area contributed by atoms with Crippen LogP contribution in [0.2, 0.25) is 0 Å². The number of aryl methyl sites for hydroxylation is 1. The smallest absolute Gasteiger partial charge is 0.257 e. The van der Waals surface area contributed by atoms with Crippen LogP contribution in [-0.4, -0.2) is 13.0 Å². The van der Waals surface area contributed by atoms with Crippen molar-refractivity contribution in [2.75, 3.05) is 18.2 Å². The van der Waals surface area contributed by atoms with E-state index in [1.165, 1.54) is 0 Å². The van der Waals surface area contributed by atoms with Crippen LogP contribution in [0.1, 0.15) is 15.9 Å². The summed E-state index contributed by atoms with van der Waals surface area (Å²) in [6, 6.07) is 10.6. The molecular weight excluding hydrogens is 320 g/mol. The highest BCUT2D eigenvalue weighted by Crippen LogP contribution is 2.27. The van der Waals surface area contributed by atoms with Gasteiger partial charge in [-0.25, -0.2) is 0 Å². The number of carbonyl (C=O) groups is 1. The van der Waals surface area contributed by atoms with Gasteiger partial charge in [-0.2, -0.15) is 0 Å². The number of nitrogens with one attached hydrogen (secondary N) is 1. The first-order valence-corrected chi connectivity index (χ1v) is 6.82.